The number of benzene rings is 1. The largest absolute Gasteiger partial charge is 0.302 e. The van der Waals surface area contributed by atoms with Crippen LogP contribution in [0.1, 0.15) is 25.0 Å². The van der Waals surface area contributed by atoms with Crippen LogP contribution in [0.15, 0.2) is 42.5 Å². The Morgan fingerprint density at radius 1 is 1.29 bits per heavy atom. The van der Waals surface area contributed by atoms with E-state index in [-0.39, 0.29) is 11.8 Å². The summed E-state index contributed by atoms with van der Waals surface area (Å²) in [5.41, 5.74) is 2.11. The molecule has 0 radical (unpaired) electrons. The number of carbonyl (C=O) groups excluding carboxylic acids is 1. The number of aromatic nitrogens is 1. The number of nitrogens with zero attached hydrogens (tertiary/aromatic N) is 1. The molecule has 0 bridgehead atoms. The van der Waals surface area contributed by atoms with Crippen LogP contribution >= 0.6 is 11.3 Å². The summed E-state index contributed by atoms with van der Waals surface area (Å²) in [5, 5.41) is 3.68. The predicted octanol–water partition coefficient (Wildman–Crippen LogP) is 4.41. The molecule has 0 fully saturated rings. The summed E-state index contributed by atoms with van der Waals surface area (Å²) in [6, 6.07) is 10.2. The van der Waals surface area contributed by atoms with Gasteiger partial charge in [-0.05, 0) is 31.7 Å². The third-order valence-electron chi connectivity index (χ3n) is 3.70. The fourth-order valence-corrected chi connectivity index (χ4v) is 3.52. The van der Waals surface area contributed by atoms with Gasteiger partial charge in [-0.15, -0.1) is 0 Å². The van der Waals surface area contributed by atoms with Crippen molar-refractivity contribution in [1.29, 1.82) is 0 Å². The minimum atomic E-state index is 0.0828. The van der Waals surface area contributed by atoms with Crippen LogP contribution < -0.4 is 5.32 Å². The lowest BCUT2D eigenvalue weighted by molar-refractivity contribution is -0.120. The Morgan fingerprint density at radius 2 is 2.10 bits per heavy atom. The molecule has 1 aromatic carbocycles. The van der Waals surface area contributed by atoms with Crippen LogP contribution in [0.3, 0.4) is 0 Å². The summed E-state index contributed by atoms with van der Waals surface area (Å²) in [6.07, 6.45) is 6.99. The minimum absolute atomic E-state index is 0.0828. The third kappa shape index (κ3) is 3.22. The average molecular weight is 298 g/mol. The maximum atomic E-state index is 12.2. The Balaban J connectivity index is 1.75. The number of hydrogen-bond acceptors (Lipinski definition) is 3. The molecule has 0 saturated heterocycles. The highest BCUT2D eigenvalue weighted by molar-refractivity contribution is 7.19. The van der Waals surface area contributed by atoms with Gasteiger partial charge in [0.25, 0.3) is 0 Å². The third-order valence-corrected chi connectivity index (χ3v) is 4.82. The lowest BCUT2D eigenvalue weighted by Crippen LogP contribution is -2.23. The molecule has 3 nitrogen and oxygen atoms in total. The van der Waals surface area contributed by atoms with Gasteiger partial charge in [-0.3, -0.25) is 4.79 Å². The number of nitrogens with one attached hydrogen (secondary N) is 1. The highest BCUT2D eigenvalue weighted by Gasteiger charge is 2.20. The number of rotatable bonds is 3. The van der Waals surface area contributed by atoms with Gasteiger partial charge in [-0.1, -0.05) is 53.8 Å². The van der Waals surface area contributed by atoms with Crippen molar-refractivity contribution in [2.45, 2.75) is 26.2 Å². The van der Waals surface area contributed by atoms with Crippen LogP contribution in [0.25, 0.3) is 10.4 Å². The van der Waals surface area contributed by atoms with Crippen LogP contribution in [0.5, 0.6) is 0 Å². The smallest absolute Gasteiger partial charge is 0.229 e. The van der Waals surface area contributed by atoms with E-state index in [1.165, 1.54) is 0 Å². The van der Waals surface area contributed by atoms with E-state index in [1.807, 2.05) is 25.1 Å². The molecule has 1 aromatic heterocycles. The Kier molecular flexibility index (Phi) is 4.15. The molecule has 2 aromatic rings. The molecular formula is C17H18N2OS. The van der Waals surface area contributed by atoms with Crippen molar-refractivity contribution in [3.63, 3.8) is 0 Å². The monoisotopic (exact) mass is 298 g/mol. The first-order chi connectivity index (χ1) is 10.2. The van der Waals surface area contributed by atoms with E-state index in [4.69, 9.17) is 0 Å². The standard InChI is InChI=1S/C17H18N2OS/c1-12-15(13-8-4-2-5-9-13)21-17(18-12)19-16(20)14-10-6-3-7-11-14/h2-6,8-9,14H,7,10-11H2,1H3,(H,18,19,20)/t14-/m0/s1. The molecule has 1 aliphatic rings. The second-order valence-corrected chi connectivity index (χ2v) is 6.27. The zero-order valence-corrected chi connectivity index (χ0v) is 12.8. The fraction of sp³-hybridized carbons (Fsp3) is 0.294. The number of thiazole rings is 1. The van der Waals surface area contributed by atoms with Crippen molar-refractivity contribution in [3.8, 4) is 10.4 Å². The number of hydrogen-bond donors (Lipinski definition) is 1. The van der Waals surface area contributed by atoms with Gasteiger partial charge in [-0.25, -0.2) is 4.98 Å². The first-order valence-corrected chi connectivity index (χ1v) is 8.04. The summed E-state index contributed by atoms with van der Waals surface area (Å²) in [4.78, 5) is 17.9. The molecule has 0 aliphatic heterocycles. The molecule has 1 heterocycles. The lowest BCUT2D eigenvalue weighted by Gasteiger charge is -2.15. The van der Waals surface area contributed by atoms with Gasteiger partial charge in [0.05, 0.1) is 10.6 Å². The second kappa shape index (κ2) is 6.22. The molecule has 1 N–H and O–H groups in total. The molecule has 1 aliphatic carbocycles. The highest BCUT2D eigenvalue weighted by atomic mass is 32.1. The SMILES string of the molecule is Cc1nc(NC(=O)[C@H]2CC=CCC2)sc1-c1ccccc1. The van der Waals surface area contributed by atoms with Gasteiger partial charge in [0.1, 0.15) is 0 Å². The highest BCUT2D eigenvalue weighted by Crippen LogP contribution is 2.33. The van der Waals surface area contributed by atoms with Crippen LogP contribution in [-0.2, 0) is 4.79 Å². The average Bonchev–Trinajstić information content (AvgIpc) is 2.89. The molecule has 0 spiro atoms. The van der Waals surface area contributed by atoms with Crippen molar-refractivity contribution in [1.82, 2.24) is 4.98 Å². The Morgan fingerprint density at radius 3 is 2.81 bits per heavy atom. The summed E-state index contributed by atoms with van der Waals surface area (Å²) in [5.74, 6) is 0.173. The van der Waals surface area contributed by atoms with E-state index in [2.05, 4.69) is 34.6 Å². The quantitative estimate of drug-likeness (QED) is 0.853. The van der Waals surface area contributed by atoms with Gasteiger partial charge >= 0.3 is 0 Å². The molecule has 1 atom stereocenters. The predicted molar refractivity (Wildman–Crippen MR) is 87.4 cm³/mol. The molecular weight excluding hydrogens is 280 g/mol. The van der Waals surface area contributed by atoms with E-state index >= 15 is 0 Å². The summed E-state index contributed by atoms with van der Waals surface area (Å²) < 4.78 is 0. The Bertz CT molecular complexity index is 661. The molecule has 3 rings (SSSR count). The number of aryl methyl sites for hydroxylation is 1. The molecule has 4 heteroatoms. The van der Waals surface area contributed by atoms with E-state index in [1.54, 1.807) is 11.3 Å². The van der Waals surface area contributed by atoms with Crippen molar-refractivity contribution in [2.75, 3.05) is 5.32 Å². The minimum Gasteiger partial charge on any atom is -0.302 e. The first-order valence-electron chi connectivity index (χ1n) is 7.23. The van der Waals surface area contributed by atoms with Gasteiger partial charge in [0, 0.05) is 5.92 Å². The van der Waals surface area contributed by atoms with Crippen LogP contribution in [0.4, 0.5) is 5.13 Å². The molecule has 0 saturated carbocycles. The Hall–Kier alpha value is -1.94. The molecule has 0 unspecified atom stereocenters. The van der Waals surface area contributed by atoms with E-state index in [9.17, 15) is 4.79 Å². The van der Waals surface area contributed by atoms with Gasteiger partial charge in [0.15, 0.2) is 5.13 Å². The normalized spacial score (nSPS) is 17.7. The van der Waals surface area contributed by atoms with Gasteiger partial charge in [-0.2, -0.15) is 0 Å². The number of allylic oxidation sites excluding steroid dienone is 2. The topological polar surface area (TPSA) is 42.0 Å². The fourth-order valence-electron chi connectivity index (χ4n) is 2.55. The zero-order chi connectivity index (χ0) is 14.7. The number of amides is 1. The van der Waals surface area contributed by atoms with E-state index < -0.39 is 0 Å². The van der Waals surface area contributed by atoms with Gasteiger partial charge in [0.2, 0.25) is 5.91 Å². The van der Waals surface area contributed by atoms with Crippen LogP contribution in [-0.4, -0.2) is 10.9 Å². The summed E-state index contributed by atoms with van der Waals surface area (Å²) >= 11 is 1.54. The second-order valence-electron chi connectivity index (χ2n) is 5.27. The maximum Gasteiger partial charge on any atom is 0.229 e. The van der Waals surface area contributed by atoms with Crippen molar-refractivity contribution >= 4 is 22.4 Å². The number of anilines is 1. The zero-order valence-electron chi connectivity index (χ0n) is 12.0. The molecule has 1 amide bonds. The Labute approximate surface area is 128 Å². The molecule has 21 heavy (non-hydrogen) atoms. The van der Waals surface area contributed by atoms with Crippen molar-refractivity contribution in [2.24, 2.45) is 5.92 Å². The van der Waals surface area contributed by atoms with Crippen molar-refractivity contribution < 1.29 is 4.79 Å². The van der Waals surface area contributed by atoms with Crippen molar-refractivity contribution in [3.05, 3.63) is 48.2 Å². The summed E-state index contributed by atoms with van der Waals surface area (Å²) in [6.45, 7) is 1.98. The van der Waals surface area contributed by atoms with E-state index in [0.29, 0.717) is 5.13 Å². The first kappa shape index (κ1) is 14.0. The molecule has 108 valence electrons. The van der Waals surface area contributed by atoms with E-state index in [0.717, 1.165) is 35.4 Å². The maximum absolute atomic E-state index is 12.2. The van der Waals surface area contributed by atoms with Crippen LogP contribution in [0.2, 0.25) is 0 Å². The van der Waals surface area contributed by atoms with Crippen LogP contribution in [0, 0.1) is 12.8 Å². The summed E-state index contributed by atoms with van der Waals surface area (Å²) in [7, 11) is 0. The lowest BCUT2D eigenvalue weighted by atomic mass is 9.94. The van der Waals surface area contributed by atoms with Gasteiger partial charge < -0.3 is 5.32 Å². The number of carbonyl (C=O) groups is 1.